The molecule has 2 fully saturated rings. The van der Waals surface area contributed by atoms with Crippen molar-refractivity contribution < 1.29 is 29.3 Å². The maximum Gasteiger partial charge on any atom is 0.404 e. The van der Waals surface area contributed by atoms with Crippen LogP contribution in [0.15, 0.2) is 33.9 Å². The summed E-state index contributed by atoms with van der Waals surface area (Å²) in [5.41, 5.74) is 4.42. The summed E-state index contributed by atoms with van der Waals surface area (Å²) in [7, 11) is 3.20. The Morgan fingerprint density at radius 3 is 2.76 bits per heavy atom. The molecule has 0 spiro atoms. The lowest BCUT2D eigenvalue weighted by atomic mass is 9.90. The number of amides is 1. The van der Waals surface area contributed by atoms with Gasteiger partial charge in [0.2, 0.25) is 5.78 Å². The SMILES string of the molecule is COC1=C(C)C(O)=C2C(=C(COC(N)=O)[C@@]3(O)[C@@H]4[C@H](CN23)N4C)C1=O. The van der Waals surface area contributed by atoms with Gasteiger partial charge in [-0.1, -0.05) is 0 Å². The van der Waals surface area contributed by atoms with Gasteiger partial charge in [0.1, 0.15) is 12.4 Å². The van der Waals surface area contributed by atoms with E-state index in [9.17, 15) is 19.8 Å². The number of aliphatic hydroxyl groups is 2. The maximum absolute atomic E-state index is 12.9. The Balaban J connectivity index is 1.92. The molecule has 134 valence electrons. The number of carbonyl (C=O) groups is 2. The molecule has 3 aliphatic heterocycles. The summed E-state index contributed by atoms with van der Waals surface area (Å²) in [6.45, 7) is 1.69. The van der Waals surface area contributed by atoms with Gasteiger partial charge in [0, 0.05) is 23.7 Å². The Kier molecular flexibility index (Phi) is 3.05. The molecule has 0 aromatic heterocycles. The molecule has 4 atom stereocenters. The second kappa shape index (κ2) is 4.77. The predicted octanol–water partition coefficient (Wildman–Crippen LogP) is -0.649. The predicted molar refractivity (Wildman–Crippen MR) is 83.9 cm³/mol. The van der Waals surface area contributed by atoms with E-state index in [1.807, 2.05) is 11.9 Å². The molecule has 3 heterocycles. The van der Waals surface area contributed by atoms with Gasteiger partial charge in [0.15, 0.2) is 11.5 Å². The number of rotatable bonds is 3. The number of aliphatic hydroxyl groups excluding tert-OH is 1. The third kappa shape index (κ3) is 1.74. The molecule has 0 radical (unpaired) electrons. The normalized spacial score (nSPS) is 35.8. The monoisotopic (exact) mass is 349 g/mol. The number of Topliss-reactive ketones (excluding diaryl/α,β-unsaturated/α-hetero) is 1. The zero-order valence-corrected chi connectivity index (χ0v) is 14.1. The summed E-state index contributed by atoms with van der Waals surface area (Å²) in [5, 5.41) is 22.1. The van der Waals surface area contributed by atoms with E-state index < -0.39 is 17.6 Å². The van der Waals surface area contributed by atoms with Gasteiger partial charge >= 0.3 is 6.09 Å². The lowest BCUT2D eigenvalue weighted by Gasteiger charge is -2.35. The molecule has 9 heteroatoms. The average Bonchev–Trinajstić information content (AvgIpc) is 2.96. The van der Waals surface area contributed by atoms with Gasteiger partial charge in [-0.15, -0.1) is 0 Å². The molecule has 1 unspecified atom stereocenters. The number of methoxy groups -OCH3 is 1. The number of fused-ring (bicyclic) bond motifs is 5. The largest absolute Gasteiger partial charge is 0.505 e. The van der Waals surface area contributed by atoms with Crippen molar-refractivity contribution >= 4 is 11.9 Å². The van der Waals surface area contributed by atoms with E-state index >= 15 is 0 Å². The Morgan fingerprint density at radius 2 is 2.16 bits per heavy atom. The number of ketones is 1. The maximum atomic E-state index is 12.9. The van der Waals surface area contributed by atoms with Gasteiger partial charge in [-0.25, -0.2) is 4.79 Å². The molecule has 2 saturated heterocycles. The van der Waals surface area contributed by atoms with Crippen molar-refractivity contribution in [2.24, 2.45) is 5.73 Å². The highest BCUT2D eigenvalue weighted by atomic mass is 16.5. The first-order valence-corrected chi connectivity index (χ1v) is 7.86. The van der Waals surface area contributed by atoms with E-state index in [4.69, 9.17) is 15.2 Å². The number of nitrogens with two attached hydrogens (primary N) is 1. The van der Waals surface area contributed by atoms with Gasteiger partial charge in [-0.2, -0.15) is 0 Å². The van der Waals surface area contributed by atoms with Crippen LogP contribution in [0.2, 0.25) is 0 Å². The molecule has 4 rings (SSSR count). The minimum absolute atomic E-state index is 0.00157. The Labute approximate surface area is 143 Å². The van der Waals surface area contributed by atoms with Gasteiger partial charge in [0.25, 0.3) is 0 Å². The second-order valence-electron chi connectivity index (χ2n) is 6.66. The number of carbonyl (C=O) groups excluding carboxylic acids is 2. The zero-order chi connectivity index (χ0) is 18.3. The number of hydrogen-bond acceptors (Lipinski definition) is 8. The fourth-order valence-electron chi connectivity index (χ4n) is 4.36. The summed E-state index contributed by atoms with van der Waals surface area (Å²) in [5.74, 6) is -0.584. The van der Waals surface area contributed by atoms with Crippen molar-refractivity contribution in [3.8, 4) is 0 Å². The molecule has 25 heavy (non-hydrogen) atoms. The Hall–Kier alpha value is -2.52. The Bertz CT molecular complexity index is 813. The van der Waals surface area contributed by atoms with E-state index in [2.05, 4.69) is 0 Å². The molecular formula is C16H19N3O6. The van der Waals surface area contributed by atoms with Crippen molar-refractivity contribution in [3.05, 3.63) is 33.9 Å². The highest BCUT2D eigenvalue weighted by Crippen LogP contribution is 2.57. The average molecular weight is 349 g/mol. The molecule has 1 aliphatic carbocycles. The molecule has 4 N–H and O–H groups in total. The van der Waals surface area contributed by atoms with E-state index in [1.54, 1.807) is 11.8 Å². The lowest BCUT2D eigenvalue weighted by molar-refractivity contribution is -0.115. The highest BCUT2D eigenvalue weighted by Gasteiger charge is 2.72. The summed E-state index contributed by atoms with van der Waals surface area (Å²) in [6.07, 6.45) is -1.01. The van der Waals surface area contributed by atoms with E-state index in [0.717, 1.165) is 0 Å². The van der Waals surface area contributed by atoms with Crippen LogP contribution in [0.4, 0.5) is 4.79 Å². The number of piperazine rings is 1. The van der Waals surface area contributed by atoms with Crippen LogP contribution in [0.1, 0.15) is 6.92 Å². The van der Waals surface area contributed by atoms with Crippen LogP contribution in [-0.2, 0) is 14.3 Å². The van der Waals surface area contributed by atoms with Crippen molar-refractivity contribution in [2.75, 3.05) is 27.3 Å². The number of nitrogens with zero attached hydrogens (tertiary/aromatic N) is 2. The van der Waals surface area contributed by atoms with Crippen molar-refractivity contribution in [3.63, 3.8) is 0 Å². The number of ether oxygens (including phenoxy) is 2. The summed E-state index contributed by atoms with van der Waals surface area (Å²) in [6, 6.07) is -0.157. The quantitative estimate of drug-likeness (QED) is 0.574. The standard InChI is InChI=1S/C16H19N3O6/c1-6-11(20)10-9(12(21)13(6)24-3)7(5-25-15(17)22)16(23)14-8(18(14)2)4-19(10)16/h8,14,20,23H,4-5H2,1-3H3,(H2,17,22)/t8-,14-,16+,18?/m0/s1. The van der Waals surface area contributed by atoms with E-state index in [1.165, 1.54) is 7.11 Å². The van der Waals surface area contributed by atoms with E-state index in [0.29, 0.717) is 12.1 Å². The van der Waals surface area contributed by atoms with Gasteiger partial charge in [0.05, 0.1) is 24.4 Å². The number of allylic oxidation sites excluding steroid dienone is 3. The molecular weight excluding hydrogens is 330 g/mol. The van der Waals surface area contributed by atoms with Crippen LogP contribution in [0.3, 0.4) is 0 Å². The second-order valence-corrected chi connectivity index (χ2v) is 6.66. The molecule has 9 nitrogen and oxygen atoms in total. The fourth-order valence-corrected chi connectivity index (χ4v) is 4.36. The van der Waals surface area contributed by atoms with Crippen molar-refractivity contribution in [1.29, 1.82) is 0 Å². The molecule has 0 saturated carbocycles. The molecule has 0 aromatic carbocycles. The lowest BCUT2D eigenvalue weighted by Crippen LogP contribution is -2.49. The summed E-state index contributed by atoms with van der Waals surface area (Å²) < 4.78 is 10.0. The first kappa shape index (κ1) is 16.0. The fraction of sp³-hybridized carbons (Fsp3) is 0.500. The van der Waals surface area contributed by atoms with Crippen LogP contribution < -0.4 is 5.73 Å². The molecule has 0 bridgehead atoms. The van der Waals surface area contributed by atoms with Crippen LogP contribution in [0.5, 0.6) is 0 Å². The van der Waals surface area contributed by atoms with Crippen molar-refractivity contribution in [2.45, 2.75) is 24.7 Å². The summed E-state index contributed by atoms with van der Waals surface area (Å²) in [4.78, 5) is 27.6. The number of likely N-dealkylation sites (N-methyl/N-ethyl adjacent to an activating group) is 1. The van der Waals surface area contributed by atoms with Crippen LogP contribution in [-0.4, -0.2) is 77.0 Å². The van der Waals surface area contributed by atoms with Gasteiger partial charge < -0.3 is 30.3 Å². The first-order chi connectivity index (χ1) is 11.7. The molecule has 4 aliphatic rings. The number of hydrogen-bond donors (Lipinski definition) is 3. The van der Waals surface area contributed by atoms with E-state index in [-0.39, 0.29) is 47.1 Å². The van der Waals surface area contributed by atoms with Crippen LogP contribution in [0, 0.1) is 0 Å². The van der Waals surface area contributed by atoms with Gasteiger partial charge in [-0.05, 0) is 14.0 Å². The third-order valence-electron chi connectivity index (χ3n) is 5.60. The number of primary amides is 1. The highest BCUT2D eigenvalue weighted by molar-refractivity contribution is 6.13. The van der Waals surface area contributed by atoms with Crippen molar-refractivity contribution in [1.82, 2.24) is 9.80 Å². The van der Waals surface area contributed by atoms with Crippen LogP contribution >= 0.6 is 0 Å². The summed E-state index contributed by atoms with van der Waals surface area (Å²) >= 11 is 0. The van der Waals surface area contributed by atoms with Crippen LogP contribution in [0.25, 0.3) is 0 Å². The topological polar surface area (TPSA) is 125 Å². The smallest absolute Gasteiger partial charge is 0.404 e. The minimum Gasteiger partial charge on any atom is -0.505 e. The first-order valence-electron chi connectivity index (χ1n) is 7.86. The Morgan fingerprint density at radius 1 is 1.48 bits per heavy atom. The zero-order valence-electron chi connectivity index (χ0n) is 14.1. The molecule has 1 amide bonds. The molecule has 0 aromatic rings. The van der Waals surface area contributed by atoms with Gasteiger partial charge in [-0.3, -0.25) is 9.69 Å². The minimum atomic E-state index is -1.54. The third-order valence-corrected chi connectivity index (χ3v) is 5.60.